The molecular formula is C23H25N3O3. The van der Waals surface area contributed by atoms with Gasteiger partial charge in [0, 0.05) is 36.3 Å². The summed E-state index contributed by atoms with van der Waals surface area (Å²) in [7, 11) is 1.55. The Morgan fingerprint density at radius 3 is 2.76 bits per heavy atom. The highest BCUT2D eigenvalue weighted by molar-refractivity contribution is 6.01. The van der Waals surface area contributed by atoms with Crippen LogP contribution in [-0.4, -0.2) is 29.6 Å². The molecule has 2 aliphatic rings. The third kappa shape index (κ3) is 3.79. The van der Waals surface area contributed by atoms with Crippen LogP contribution >= 0.6 is 0 Å². The Balaban J connectivity index is 1.72. The van der Waals surface area contributed by atoms with Gasteiger partial charge >= 0.3 is 0 Å². The van der Waals surface area contributed by atoms with Crippen LogP contribution in [0.25, 0.3) is 0 Å². The molecule has 2 amide bonds. The van der Waals surface area contributed by atoms with Crippen LogP contribution in [-0.2, 0) is 11.2 Å². The van der Waals surface area contributed by atoms with E-state index in [4.69, 9.17) is 0 Å². The molecule has 1 saturated carbocycles. The van der Waals surface area contributed by atoms with Crippen molar-refractivity contribution < 1.29 is 14.4 Å². The van der Waals surface area contributed by atoms with E-state index in [1.54, 1.807) is 19.2 Å². The van der Waals surface area contributed by atoms with Gasteiger partial charge in [-0.3, -0.25) is 14.4 Å². The summed E-state index contributed by atoms with van der Waals surface area (Å²) in [5.74, 6) is 0.581. The van der Waals surface area contributed by atoms with Gasteiger partial charge in [-0.25, -0.2) is 4.98 Å². The number of benzene rings is 1. The van der Waals surface area contributed by atoms with Crippen molar-refractivity contribution in [2.45, 2.75) is 39.0 Å². The lowest BCUT2D eigenvalue weighted by Crippen LogP contribution is -2.21. The van der Waals surface area contributed by atoms with E-state index in [0.29, 0.717) is 35.9 Å². The zero-order valence-electron chi connectivity index (χ0n) is 16.9. The second-order valence-electron chi connectivity index (χ2n) is 8.17. The van der Waals surface area contributed by atoms with Gasteiger partial charge < -0.3 is 10.6 Å². The highest BCUT2D eigenvalue weighted by Crippen LogP contribution is 2.41. The van der Waals surface area contributed by atoms with Crippen molar-refractivity contribution in [2.24, 2.45) is 11.8 Å². The highest BCUT2D eigenvalue weighted by atomic mass is 16.2. The monoisotopic (exact) mass is 391 g/mol. The lowest BCUT2D eigenvalue weighted by Gasteiger charge is -2.17. The standard InChI is InChI=1S/C23H25N3O3/c1-12-7-14(12)10-21(27)15-8-19(25-20(9-15)23(29)24-3)13(2)16-5-4-6-18-17(16)11-22(28)26-18/h4-6,8-9,12-14H,7,10-11H2,1-3H3,(H,24,29)(H,26,28)/t12-,13?,14+/m0/s1. The SMILES string of the molecule is CNC(=O)c1cc(C(=O)C[C@H]2C[C@@H]2C)cc(C(C)c2cccc3c2CC(=O)N3)n1. The second kappa shape index (κ2) is 7.43. The van der Waals surface area contributed by atoms with Crippen molar-refractivity contribution in [3.8, 4) is 0 Å². The first-order chi connectivity index (χ1) is 13.9. The number of nitrogens with one attached hydrogen (secondary N) is 2. The predicted molar refractivity (Wildman–Crippen MR) is 110 cm³/mol. The first-order valence-corrected chi connectivity index (χ1v) is 10.1. The fraction of sp³-hybridized carbons (Fsp3) is 0.391. The van der Waals surface area contributed by atoms with E-state index in [1.807, 2.05) is 25.1 Å². The van der Waals surface area contributed by atoms with Gasteiger partial charge in [-0.05, 0) is 47.6 Å². The van der Waals surface area contributed by atoms with Gasteiger partial charge in [-0.1, -0.05) is 26.0 Å². The molecule has 2 heterocycles. The minimum Gasteiger partial charge on any atom is -0.354 e. The Kier molecular flexibility index (Phi) is 4.94. The number of hydrogen-bond donors (Lipinski definition) is 2. The summed E-state index contributed by atoms with van der Waals surface area (Å²) in [5.41, 5.74) is 4.19. The largest absolute Gasteiger partial charge is 0.354 e. The van der Waals surface area contributed by atoms with E-state index in [1.165, 1.54) is 0 Å². The maximum Gasteiger partial charge on any atom is 0.269 e. The number of pyridine rings is 1. The van der Waals surface area contributed by atoms with Crippen molar-refractivity contribution in [2.75, 3.05) is 12.4 Å². The molecular weight excluding hydrogens is 366 g/mol. The minimum absolute atomic E-state index is 0.0267. The first kappa shape index (κ1) is 19.3. The van der Waals surface area contributed by atoms with E-state index in [-0.39, 0.29) is 29.2 Å². The third-order valence-electron chi connectivity index (χ3n) is 6.08. The van der Waals surface area contributed by atoms with Crippen LogP contribution in [0.15, 0.2) is 30.3 Å². The average Bonchev–Trinajstić information content (AvgIpc) is 3.26. The van der Waals surface area contributed by atoms with Crippen LogP contribution in [0.4, 0.5) is 5.69 Å². The number of fused-ring (bicyclic) bond motifs is 1. The van der Waals surface area contributed by atoms with E-state index >= 15 is 0 Å². The molecule has 2 N–H and O–H groups in total. The summed E-state index contributed by atoms with van der Waals surface area (Å²) in [5, 5.41) is 5.46. The Labute approximate surface area is 170 Å². The van der Waals surface area contributed by atoms with Crippen molar-refractivity contribution in [1.29, 1.82) is 0 Å². The molecule has 1 fully saturated rings. The zero-order valence-corrected chi connectivity index (χ0v) is 16.9. The average molecular weight is 391 g/mol. The lowest BCUT2D eigenvalue weighted by atomic mass is 9.90. The fourth-order valence-corrected chi connectivity index (χ4v) is 4.06. The molecule has 0 saturated heterocycles. The van der Waals surface area contributed by atoms with Crippen LogP contribution in [0.5, 0.6) is 0 Å². The second-order valence-corrected chi connectivity index (χ2v) is 8.17. The molecule has 0 spiro atoms. The summed E-state index contributed by atoms with van der Waals surface area (Å²) in [6.07, 6.45) is 1.92. The van der Waals surface area contributed by atoms with Gasteiger partial charge in [0.1, 0.15) is 5.69 Å². The molecule has 150 valence electrons. The van der Waals surface area contributed by atoms with E-state index in [2.05, 4.69) is 22.5 Å². The molecule has 6 nitrogen and oxygen atoms in total. The topological polar surface area (TPSA) is 88.2 Å². The number of aromatic nitrogens is 1. The van der Waals surface area contributed by atoms with Gasteiger partial charge in [0.05, 0.1) is 6.42 Å². The number of anilines is 1. The molecule has 1 aromatic carbocycles. The number of nitrogens with zero attached hydrogens (tertiary/aromatic N) is 1. The van der Waals surface area contributed by atoms with E-state index < -0.39 is 0 Å². The van der Waals surface area contributed by atoms with Crippen LogP contribution in [0, 0.1) is 11.8 Å². The van der Waals surface area contributed by atoms with E-state index in [9.17, 15) is 14.4 Å². The van der Waals surface area contributed by atoms with Gasteiger partial charge in [0.2, 0.25) is 5.91 Å². The van der Waals surface area contributed by atoms with Crippen molar-refractivity contribution in [3.63, 3.8) is 0 Å². The van der Waals surface area contributed by atoms with Gasteiger partial charge in [-0.15, -0.1) is 0 Å². The molecule has 1 aliphatic heterocycles. The molecule has 0 radical (unpaired) electrons. The fourth-order valence-electron chi connectivity index (χ4n) is 4.06. The van der Waals surface area contributed by atoms with Crippen molar-refractivity contribution >= 4 is 23.3 Å². The first-order valence-electron chi connectivity index (χ1n) is 10.1. The molecule has 0 bridgehead atoms. The van der Waals surface area contributed by atoms with Crippen LogP contribution < -0.4 is 10.6 Å². The van der Waals surface area contributed by atoms with Crippen LogP contribution in [0.2, 0.25) is 0 Å². The Hall–Kier alpha value is -3.02. The molecule has 1 unspecified atom stereocenters. The summed E-state index contributed by atoms with van der Waals surface area (Å²) in [4.78, 5) is 41.5. The number of carbonyl (C=O) groups excluding carboxylic acids is 3. The number of ketones is 1. The Morgan fingerprint density at radius 1 is 1.31 bits per heavy atom. The number of hydrogen-bond acceptors (Lipinski definition) is 4. The number of carbonyl (C=O) groups is 3. The number of rotatable bonds is 6. The Bertz CT molecular complexity index is 1010. The summed E-state index contributed by atoms with van der Waals surface area (Å²) in [6.45, 7) is 4.14. The summed E-state index contributed by atoms with van der Waals surface area (Å²) in [6, 6.07) is 9.16. The predicted octanol–water partition coefficient (Wildman–Crippen LogP) is 3.32. The maximum absolute atomic E-state index is 12.8. The molecule has 6 heteroatoms. The highest BCUT2D eigenvalue weighted by Gasteiger charge is 2.34. The lowest BCUT2D eigenvalue weighted by molar-refractivity contribution is -0.115. The minimum atomic E-state index is -0.317. The zero-order chi connectivity index (χ0) is 20.7. The molecule has 4 rings (SSSR count). The molecule has 1 aromatic heterocycles. The molecule has 2 aromatic rings. The number of Topliss-reactive ketones (excluding diaryl/α,β-unsaturated/α-hetero) is 1. The smallest absolute Gasteiger partial charge is 0.269 e. The Morgan fingerprint density at radius 2 is 2.07 bits per heavy atom. The van der Waals surface area contributed by atoms with Crippen LogP contribution in [0.3, 0.4) is 0 Å². The van der Waals surface area contributed by atoms with Crippen molar-refractivity contribution in [1.82, 2.24) is 10.3 Å². The maximum atomic E-state index is 12.8. The molecule has 3 atom stereocenters. The molecule has 1 aliphatic carbocycles. The van der Waals surface area contributed by atoms with E-state index in [0.717, 1.165) is 23.2 Å². The van der Waals surface area contributed by atoms with Crippen molar-refractivity contribution in [3.05, 3.63) is 58.4 Å². The van der Waals surface area contributed by atoms with Crippen LogP contribution in [0.1, 0.15) is 70.3 Å². The quantitative estimate of drug-likeness (QED) is 0.740. The summed E-state index contributed by atoms with van der Waals surface area (Å²) < 4.78 is 0. The van der Waals surface area contributed by atoms with Gasteiger partial charge in [-0.2, -0.15) is 0 Å². The number of amides is 2. The van der Waals surface area contributed by atoms with Gasteiger partial charge in [0.15, 0.2) is 5.78 Å². The summed E-state index contributed by atoms with van der Waals surface area (Å²) >= 11 is 0. The van der Waals surface area contributed by atoms with Gasteiger partial charge in [0.25, 0.3) is 5.91 Å². The molecule has 29 heavy (non-hydrogen) atoms. The third-order valence-corrected chi connectivity index (χ3v) is 6.08. The normalized spacial score (nSPS) is 20.6.